The Kier molecular flexibility index (Phi) is 3.77. The first-order valence-electron chi connectivity index (χ1n) is 5.80. The molecule has 0 aliphatic carbocycles. The molecule has 1 unspecified atom stereocenters. The van der Waals surface area contributed by atoms with Crippen molar-refractivity contribution in [1.82, 2.24) is 4.72 Å². The molecule has 0 saturated carbocycles. The average molecular weight is 285 g/mol. The number of ether oxygens (including phenoxy) is 1. The molecular weight excluding hydrogens is 270 g/mol. The van der Waals surface area contributed by atoms with Crippen molar-refractivity contribution in [3.63, 3.8) is 0 Å². The Morgan fingerprint density at radius 2 is 2.26 bits per heavy atom. The number of nitrogens with one attached hydrogen (secondary N) is 1. The molecule has 0 saturated heterocycles. The van der Waals surface area contributed by atoms with Crippen LogP contribution in [0.5, 0.6) is 5.75 Å². The van der Waals surface area contributed by atoms with E-state index in [1.807, 2.05) is 0 Å². The van der Waals surface area contributed by atoms with Crippen molar-refractivity contribution in [1.29, 1.82) is 0 Å². The Balaban J connectivity index is 2.26. The van der Waals surface area contributed by atoms with Crippen LogP contribution in [0.2, 0.25) is 0 Å². The fourth-order valence-corrected chi connectivity index (χ4v) is 2.45. The van der Waals surface area contributed by atoms with E-state index in [0.717, 1.165) is 6.26 Å². The summed E-state index contributed by atoms with van der Waals surface area (Å²) in [5, 5.41) is 9.17. The summed E-state index contributed by atoms with van der Waals surface area (Å²) in [5.74, 6) is -0.929. The lowest BCUT2D eigenvalue weighted by Gasteiger charge is -2.23. The van der Waals surface area contributed by atoms with Gasteiger partial charge in [0, 0.05) is 12.1 Å². The van der Waals surface area contributed by atoms with Crippen LogP contribution in [0, 0.1) is 0 Å². The summed E-state index contributed by atoms with van der Waals surface area (Å²) < 4.78 is 29.8. The molecular formula is C12H15NO5S. The number of fused-ring (bicyclic) bond motifs is 1. The van der Waals surface area contributed by atoms with E-state index in [4.69, 9.17) is 9.84 Å². The van der Waals surface area contributed by atoms with E-state index in [9.17, 15) is 13.2 Å². The van der Waals surface area contributed by atoms with Crippen LogP contribution in [0.1, 0.15) is 23.5 Å². The van der Waals surface area contributed by atoms with Gasteiger partial charge in [0.1, 0.15) is 5.75 Å². The first-order valence-corrected chi connectivity index (χ1v) is 7.69. The van der Waals surface area contributed by atoms with Crippen LogP contribution in [0.4, 0.5) is 0 Å². The molecule has 1 heterocycles. The lowest BCUT2D eigenvalue weighted by Crippen LogP contribution is -2.23. The van der Waals surface area contributed by atoms with Gasteiger partial charge >= 0.3 is 5.97 Å². The number of carboxylic acid groups (broad SMARTS) is 1. The quantitative estimate of drug-likeness (QED) is 0.849. The fraction of sp³-hybridized carbons (Fsp3) is 0.417. The summed E-state index contributed by atoms with van der Waals surface area (Å²) in [6.07, 6.45) is 1.50. The summed E-state index contributed by atoms with van der Waals surface area (Å²) in [6.45, 7) is 0.517. The van der Waals surface area contributed by atoms with E-state index >= 15 is 0 Å². The number of carbonyl (C=O) groups is 1. The molecule has 1 aromatic rings. The molecule has 0 bridgehead atoms. The topological polar surface area (TPSA) is 92.7 Å². The standard InChI is InChI=1S/C12H15NO5S/c1-19(16,17)13-7-8-2-3-11-10(6-8)9(12(14)15)4-5-18-11/h2-3,6,9,13H,4-5,7H2,1H3,(H,14,15). The molecule has 6 nitrogen and oxygen atoms in total. The third kappa shape index (κ3) is 3.45. The summed E-state index contributed by atoms with van der Waals surface area (Å²) in [5.41, 5.74) is 1.31. The van der Waals surface area contributed by atoms with E-state index in [1.165, 1.54) is 0 Å². The summed E-state index contributed by atoms with van der Waals surface area (Å²) in [6, 6.07) is 5.09. The van der Waals surface area contributed by atoms with Crippen LogP contribution in [0.25, 0.3) is 0 Å². The molecule has 0 aromatic heterocycles. The van der Waals surface area contributed by atoms with Gasteiger partial charge in [0.15, 0.2) is 0 Å². The van der Waals surface area contributed by atoms with Crippen LogP contribution in [-0.2, 0) is 21.4 Å². The third-order valence-corrected chi connectivity index (χ3v) is 3.62. The molecule has 1 atom stereocenters. The summed E-state index contributed by atoms with van der Waals surface area (Å²) in [7, 11) is -3.27. The van der Waals surface area contributed by atoms with Crippen molar-refractivity contribution in [2.24, 2.45) is 0 Å². The maximum absolute atomic E-state index is 11.2. The smallest absolute Gasteiger partial charge is 0.311 e. The van der Waals surface area contributed by atoms with E-state index in [2.05, 4.69) is 4.72 Å². The molecule has 1 aliphatic rings. The fourth-order valence-electron chi connectivity index (χ4n) is 2.02. The van der Waals surface area contributed by atoms with Crippen LogP contribution in [0.15, 0.2) is 18.2 Å². The minimum Gasteiger partial charge on any atom is -0.493 e. The zero-order chi connectivity index (χ0) is 14.0. The van der Waals surface area contributed by atoms with Crippen LogP contribution >= 0.6 is 0 Å². The Morgan fingerprint density at radius 3 is 2.89 bits per heavy atom. The number of rotatable bonds is 4. The largest absolute Gasteiger partial charge is 0.493 e. The van der Waals surface area contributed by atoms with Crippen molar-refractivity contribution < 1.29 is 23.1 Å². The SMILES string of the molecule is CS(=O)(=O)NCc1ccc2c(c1)C(C(=O)O)CCO2. The van der Waals surface area contributed by atoms with Gasteiger partial charge in [0.25, 0.3) is 0 Å². The maximum atomic E-state index is 11.2. The van der Waals surface area contributed by atoms with E-state index in [0.29, 0.717) is 29.9 Å². The van der Waals surface area contributed by atoms with Crippen LogP contribution < -0.4 is 9.46 Å². The molecule has 2 rings (SSSR count). The van der Waals surface area contributed by atoms with Gasteiger partial charge in [-0.1, -0.05) is 6.07 Å². The van der Waals surface area contributed by atoms with Gasteiger partial charge in [0.05, 0.1) is 18.8 Å². The van der Waals surface area contributed by atoms with Crippen molar-refractivity contribution in [3.8, 4) is 5.75 Å². The Labute approximate surface area is 111 Å². The Morgan fingerprint density at radius 1 is 1.53 bits per heavy atom. The second-order valence-corrected chi connectivity index (χ2v) is 6.33. The van der Waals surface area contributed by atoms with Gasteiger partial charge in [-0.3, -0.25) is 4.79 Å². The van der Waals surface area contributed by atoms with E-state index in [-0.39, 0.29) is 6.54 Å². The number of benzene rings is 1. The van der Waals surface area contributed by atoms with Crippen LogP contribution in [0.3, 0.4) is 0 Å². The molecule has 19 heavy (non-hydrogen) atoms. The van der Waals surface area contributed by atoms with Gasteiger partial charge in [-0.15, -0.1) is 0 Å². The Bertz CT molecular complexity index is 596. The molecule has 2 N–H and O–H groups in total. The number of hydrogen-bond donors (Lipinski definition) is 2. The predicted octanol–water partition coefficient (Wildman–Crippen LogP) is 0.686. The van der Waals surface area contributed by atoms with Crippen molar-refractivity contribution in [2.75, 3.05) is 12.9 Å². The zero-order valence-electron chi connectivity index (χ0n) is 10.4. The maximum Gasteiger partial charge on any atom is 0.311 e. The number of aliphatic carboxylic acids is 1. The van der Waals surface area contributed by atoms with Gasteiger partial charge in [-0.05, 0) is 24.1 Å². The van der Waals surface area contributed by atoms with Gasteiger partial charge in [-0.2, -0.15) is 0 Å². The van der Waals surface area contributed by atoms with Crippen molar-refractivity contribution in [2.45, 2.75) is 18.9 Å². The lowest BCUT2D eigenvalue weighted by molar-refractivity contribution is -0.139. The first kappa shape index (κ1) is 13.8. The third-order valence-electron chi connectivity index (χ3n) is 2.95. The first-order chi connectivity index (χ1) is 8.87. The summed E-state index contributed by atoms with van der Waals surface area (Å²) >= 11 is 0. The van der Waals surface area contributed by atoms with Crippen molar-refractivity contribution >= 4 is 16.0 Å². The van der Waals surface area contributed by atoms with E-state index in [1.54, 1.807) is 18.2 Å². The molecule has 0 radical (unpaired) electrons. The number of sulfonamides is 1. The highest BCUT2D eigenvalue weighted by molar-refractivity contribution is 7.88. The monoisotopic (exact) mass is 285 g/mol. The highest BCUT2D eigenvalue weighted by Crippen LogP contribution is 2.34. The number of carboxylic acids is 1. The average Bonchev–Trinajstić information content (AvgIpc) is 2.34. The van der Waals surface area contributed by atoms with Gasteiger partial charge < -0.3 is 9.84 Å². The zero-order valence-corrected chi connectivity index (χ0v) is 11.2. The van der Waals surface area contributed by atoms with E-state index < -0.39 is 21.9 Å². The minimum atomic E-state index is -3.27. The molecule has 1 aromatic carbocycles. The Hall–Kier alpha value is -1.60. The normalized spacial score (nSPS) is 18.5. The second kappa shape index (κ2) is 5.18. The number of hydrogen-bond acceptors (Lipinski definition) is 4. The molecule has 0 spiro atoms. The van der Waals surface area contributed by atoms with Crippen LogP contribution in [-0.4, -0.2) is 32.4 Å². The lowest BCUT2D eigenvalue weighted by atomic mass is 9.92. The summed E-state index contributed by atoms with van der Waals surface area (Å²) in [4.78, 5) is 11.2. The highest BCUT2D eigenvalue weighted by Gasteiger charge is 2.27. The minimum absolute atomic E-state index is 0.137. The molecule has 1 aliphatic heterocycles. The highest BCUT2D eigenvalue weighted by atomic mass is 32.2. The van der Waals surface area contributed by atoms with Gasteiger partial charge in [0.2, 0.25) is 10.0 Å². The predicted molar refractivity (Wildman–Crippen MR) is 68.6 cm³/mol. The molecule has 104 valence electrons. The molecule has 0 fully saturated rings. The molecule has 7 heteroatoms. The van der Waals surface area contributed by atoms with Gasteiger partial charge in [-0.25, -0.2) is 13.1 Å². The molecule has 0 amide bonds. The second-order valence-electron chi connectivity index (χ2n) is 4.49. The van der Waals surface area contributed by atoms with Crippen molar-refractivity contribution in [3.05, 3.63) is 29.3 Å².